The molecule has 1 aromatic carbocycles. The maximum atomic E-state index is 13.6. The highest BCUT2D eigenvalue weighted by molar-refractivity contribution is 5.79. The van der Waals surface area contributed by atoms with Crippen molar-refractivity contribution in [3.8, 4) is 0 Å². The number of hydrogen-bond acceptors (Lipinski definition) is 2. The van der Waals surface area contributed by atoms with E-state index in [1.165, 1.54) is 12.8 Å². The summed E-state index contributed by atoms with van der Waals surface area (Å²) in [6.07, 6.45) is 4.68. The molecule has 0 spiro atoms. The van der Waals surface area contributed by atoms with E-state index in [0.717, 1.165) is 18.4 Å². The van der Waals surface area contributed by atoms with E-state index in [4.69, 9.17) is 5.84 Å². The maximum Gasteiger partial charge on any atom is 0.206 e. The summed E-state index contributed by atoms with van der Waals surface area (Å²) in [7, 11) is 0. The predicted octanol–water partition coefficient (Wildman–Crippen LogP) is 2.55. The van der Waals surface area contributed by atoms with Gasteiger partial charge in [0.1, 0.15) is 5.82 Å². The van der Waals surface area contributed by atoms with Crippen LogP contribution >= 0.6 is 0 Å². The largest absolute Gasteiger partial charge is 0.349 e. The Morgan fingerprint density at radius 3 is 2.70 bits per heavy atom. The Hall–Kier alpha value is -1.62. The van der Waals surface area contributed by atoms with Crippen molar-refractivity contribution in [2.24, 2.45) is 10.8 Å². The molecule has 1 unspecified atom stereocenters. The normalized spacial score (nSPS) is 18.1. The summed E-state index contributed by atoms with van der Waals surface area (Å²) in [6.45, 7) is 3.72. The molecule has 0 bridgehead atoms. The third-order valence-corrected chi connectivity index (χ3v) is 3.82. The van der Waals surface area contributed by atoms with Gasteiger partial charge in [-0.2, -0.15) is 0 Å². The van der Waals surface area contributed by atoms with Crippen molar-refractivity contribution in [1.29, 1.82) is 0 Å². The van der Waals surface area contributed by atoms with Gasteiger partial charge in [0.25, 0.3) is 0 Å². The molecule has 1 aliphatic rings. The molecule has 2 rings (SSSR count). The molecule has 1 atom stereocenters. The molecule has 110 valence electrons. The van der Waals surface area contributed by atoms with Crippen molar-refractivity contribution in [3.05, 3.63) is 35.1 Å². The highest BCUT2D eigenvalue weighted by atomic mass is 19.1. The molecule has 1 aliphatic carbocycles. The quantitative estimate of drug-likeness (QED) is 0.344. The topological polar surface area (TPSA) is 62.4 Å². The Morgan fingerprint density at radius 2 is 2.10 bits per heavy atom. The number of nitrogens with two attached hydrogens (primary N) is 1. The van der Waals surface area contributed by atoms with Gasteiger partial charge >= 0.3 is 0 Å². The van der Waals surface area contributed by atoms with E-state index in [1.54, 1.807) is 19.1 Å². The van der Waals surface area contributed by atoms with Gasteiger partial charge in [-0.1, -0.05) is 25.0 Å². The van der Waals surface area contributed by atoms with E-state index in [1.807, 2.05) is 13.0 Å². The van der Waals surface area contributed by atoms with Crippen LogP contribution in [0, 0.1) is 12.7 Å². The Bertz CT molecular complexity index is 481. The zero-order chi connectivity index (χ0) is 14.5. The Morgan fingerprint density at radius 1 is 1.40 bits per heavy atom. The Labute approximate surface area is 119 Å². The third-order valence-electron chi connectivity index (χ3n) is 3.82. The molecule has 0 amide bonds. The van der Waals surface area contributed by atoms with Gasteiger partial charge in [-0.25, -0.2) is 15.2 Å². The fourth-order valence-corrected chi connectivity index (χ4v) is 2.50. The van der Waals surface area contributed by atoms with Crippen LogP contribution in [0.25, 0.3) is 0 Å². The summed E-state index contributed by atoms with van der Waals surface area (Å²) in [5.41, 5.74) is 4.13. The highest BCUT2D eigenvalue weighted by Gasteiger charge is 2.16. The standard InChI is InChI=1S/C15H23FN4/c1-10-7-8-12(9-14(10)16)11(2)18-15(20-17)19-13-5-3-4-6-13/h7-9,11,13H,3-6,17H2,1-2H3,(H2,18,19,20). The van der Waals surface area contributed by atoms with E-state index < -0.39 is 0 Å². The van der Waals surface area contributed by atoms with E-state index in [-0.39, 0.29) is 11.9 Å². The zero-order valence-corrected chi connectivity index (χ0v) is 12.1. The molecule has 1 saturated carbocycles. The van der Waals surface area contributed by atoms with Gasteiger partial charge in [0.2, 0.25) is 5.96 Å². The lowest BCUT2D eigenvalue weighted by molar-refractivity contribution is 0.606. The second-order valence-electron chi connectivity index (χ2n) is 5.43. The third kappa shape index (κ3) is 3.70. The zero-order valence-electron chi connectivity index (χ0n) is 12.1. The van der Waals surface area contributed by atoms with Gasteiger partial charge in [-0.3, -0.25) is 5.43 Å². The Kier molecular flexibility index (Phi) is 4.95. The molecular formula is C15H23FN4. The van der Waals surface area contributed by atoms with Crippen molar-refractivity contribution in [3.63, 3.8) is 0 Å². The van der Waals surface area contributed by atoms with E-state index in [2.05, 4.69) is 15.7 Å². The van der Waals surface area contributed by atoms with Gasteiger partial charge in [0.15, 0.2) is 0 Å². The first-order chi connectivity index (χ1) is 9.60. The molecule has 5 heteroatoms. The predicted molar refractivity (Wildman–Crippen MR) is 79.7 cm³/mol. The van der Waals surface area contributed by atoms with Crippen molar-refractivity contribution < 1.29 is 4.39 Å². The van der Waals surface area contributed by atoms with Gasteiger partial charge in [0.05, 0.1) is 12.1 Å². The lowest BCUT2D eigenvalue weighted by Crippen LogP contribution is -2.43. The first-order valence-corrected chi connectivity index (χ1v) is 7.17. The SMILES string of the molecule is Cc1ccc(C(C)NC(=NC2CCCC2)NN)cc1F. The van der Waals surface area contributed by atoms with Gasteiger partial charge in [-0.05, 0) is 43.9 Å². The molecule has 0 aliphatic heterocycles. The van der Waals surface area contributed by atoms with Crippen LogP contribution in [-0.2, 0) is 0 Å². The fraction of sp³-hybridized carbons (Fsp3) is 0.533. The van der Waals surface area contributed by atoms with Crippen LogP contribution in [0.4, 0.5) is 4.39 Å². The van der Waals surface area contributed by atoms with E-state index >= 15 is 0 Å². The summed E-state index contributed by atoms with van der Waals surface area (Å²) in [5, 5.41) is 3.20. The van der Waals surface area contributed by atoms with Crippen molar-refractivity contribution in [2.45, 2.75) is 51.6 Å². The van der Waals surface area contributed by atoms with Gasteiger partial charge in [0, 0.05) is 0 Å². The molecule has 1 fully saturated rings. The number of benzene rings is 1. The monoisotopic (exact) mass is 278 g/mol. The summed E-state index contributed by atoms with van der Waals surface area (Å²) >= 11 is 0. The van der Waals surface area contributed by atoms with Gasteiger partial charge in [-0.15, -0.1) is 0 Å². The van der Waals surface area contributed by atoms with Crippen LogP contribution in [0.2, 0.25) is 0 Å². The lowest BCUT2D eigenvalue weighted by Gasteiger charge is -2.18. The average Bonchev–Trinajstić information content (AvgIpc) is 2.93. The minimum Gasteiger partial charge on any atom is -0.349 e. The average molecular weight is 278 g/mol. The van der Waals surface area contributed by atoms with Crippen LogP contribution in [0.15, 0.2) is 23.2 Å². The van der Waals surface area contributed by atoms with E-state index in [9.17, 15) is 4.39 Å². The number of aliphatic imine (C=N–C) groups is 1. The number of hydrazine groups is 1. The molecule has 20 heavy (non-hydrogen) atoms. The van der Waals surface area contributed by atoms with Crippen molar-refractivity contribution in [2.75, 3.05) is 0 Å². The number of rotatable bonds is 3. The molecule has 0 aromatic heterocycles. The van der Waals surface area contributed by atoms with Crippen LogP contribution in [0.3, 0.4) is 0 Å². The molecular weight excluding hydrogens is 255 g/mol. The smallest absolute Gasteiger partial charge is 0.206 e. The molecule has 4 N–H and O–H groups in total. The van der Waals surface area contributed by atoms with Crippen LogP contribution in [0.1, 0.15) is 49.8 Å². The number of guanidine groups is 1. The molecule has 0 heterocycles. The van der Waals surface area contributed by atoms with Crippen molar-refractivity contribution in [1.82, 2.24) is 10.7 Å². The summed E-state index contributed by atoms with van der Waals surface area (Å²) in [5.74, 6) is 5.90. The minimum atomic E-state index is -0.189. The number of aryl methyl sites for hydroxylation is 1. The number of nitrogens with one attached hydrogen (secondary N) is 2. The van der Waals surface area contributed by atoms with E-state index in [0.29, 0.717) is 17.6 Å². The maximum absolute atomic E-state index is 13.6. The lowest BCUT2D eigenvalue weighted by atomic mass is 10.1. The fourth-order valence-electron chi connectivity index (χ4n) is 2.50. The van der Waals surface area contributed by atoms with Crippen molar-refractivity contribution >= 4 is 5.96 Å². The Balaban J connectivity index is 2.04. The molecule has 1 aromatic rings. The summed E-state index contributed by atoms with van der Waals surface area (Å²) < 4.78 is 13.6. The first-order valence-electron chi connectivity index (χ1n) is 7.17. The number of halogens is 1. The highest BCUT2D eigenvalue weighted by Crippen LogP contribution is 2.21. The van der Waals surface area contributed by atoms with Crippen LogP contribution in [0.5, 0.6) is 0 Å². The summed E-state index contributed by atoms with van der Waals surface area (Å²) in [6, 6.07) is 5.54. The minimum absolute atomic E-state index is 0.0543. The molecule has 0 saturated heterocycles. The van der Waals surface area contributed by atoms with Crippen LogP contribution < -0.4 is 16.6 Å². The second kappa shape index (κ2) is 6.70. The van der Waals surface area contributed by atoms with Crippen LogP contribution in [-0.4, -0.2) is 12.0 Å². The first kappa shape index (κ1) is 14.8. The molecule has 4 nitrogen and oxygen atoms in total. The second-order valence-corrected chi connectivity index (χ2v) is 5.43. The molecule has 0 radical (unpaired) electrons. The number of nitrogens with zero attached hydrogens (tertiary/aromatic N) is 1. The number of hydrogen-bond donors (Lipinski definition) is 3. The summed E-state index contributed by atoms with van der Waals surface area (Å²) in [4.78, 5) is 4.58. The van der Waals surface area contributed by atoms with Gasteiger partial charge < -0.3 is 5.32 Å².